The summed E-state index contributed by atoms with van der Waals surface area (Å²) in [6.07, 6.45) is 3.38. The van der Waals surface area contributed by atoms with Gasteiger partial charge in [-0.25, -0.2) is 0 Å². The first kappa shape index (κ1) is 18.2. The summed E-state index contributed by atoms with van der Waals surface area (Å²) < 4.78 is 5.16. The highest BCUT2D eigenvalue weighted by Crippen LogP contribution is 2.17. The van der Waals surface area contributed by atoms with Gasteiger partial charge in [0.1, 0.15) is 0 Å². The maximum absolute atomic E-state index is 12.3. The molecular weight excluding hydrogens is 346 g/mol. The van der Waals surface area contributed by atoms with Gasteiger partial charge in [0, 0.05) is 24.9 Å². The zero-order valence-electron chi connectivity index (χ0n) is 14.8. The van der Waals surface area contributed by atoms with Crippen molar-refractivity contribution >= 4 is 11.8 Å². The summed E-state index contributed by atoms with van der Waals surface area (Å²) in [6.45, 7) is 1.53. The van der Waals surface area contributed by atoms with Crippen LogP contribution in [0, 0.1) is 0 Å². The van der Waals surface area contributed by atoms with Gasteiger partial charge in [0.15, 0.2) is 0 Å². The van der Waals surface area contributed by atoms with E-state index in [4.69, 9.17) is 4.52 Å². The van der Waals surface area contributed by atoms with E-state index in [1.165, 1.54) is 6.92 Å². The highest BCUT2D eigenvalue weighted by molar-refractivity contribution is 5.79. The number of carbonyl (C=O) groups is 2. The van der Waals surface area contributed by atoms with E-state index in [2.05, 4.69) is 25.8 Å². The van der Waals surface area contributed by atoms with Crippen molar-refractivity contribution in [3.63, 3.8) is 0 Å². The standard InChI is InChI=1S/C19H19N5O3/c1-13(25)22-16(14-5-3-2-4-6-14)11-17(26)21-12-18-23-19(24-27-18)15-7-9-20-10-8-15/h2-10,16H,11-12H2,1H3,(H,21,26)(H,22,25). The van der Waals surface area contributed by atoms with E-state index in [0.29, 0.717) is 11.7 Å². The summed E-state index contributed by atoms with van der Waals surface area (Å²) in [6, 6.07) is 12.5. The van der Waals surface area contributed by atoms with Crippen LogP contribution in [0.25, 0.3) is 11.4 Å². The molecule has 0 aliphatic carbocycles. The Balaban J connectivity index is 1.58. The molecule has 2 aromatic heterocycles. The number of rotatable bonds is 7. The van der Waals surface area contributed by atoms with E-state index in [0.717, 1.165) is 11.1 Å². The van der Waals surface area contributed by atoms with Crippen molar-refractivity contribution in [2.24, 2.45) is 0 Å². The van der Waals surface area contributed by atoms with E-state index < -0.39 is 6.04 Å². The van der Waals surface area contributed by atoms with Crippen molar-refractivity contribution in [3.8, 4) is 11.4 Å². The Kier molecular flexibility index (Phi) is 5.88. The first-order valence-corrected chi connectivity index (χ1v) is 8.43. The Morgan fingerprint density at radius 2 is 1.85 bits per heavy atom. The Labute approximate surface area is 156 Å². The number of hydrogen-bond donors (Lipinski definition) is 2. The number of pyridine rings is 1. The molecular formula is C19H19N5O3. The molecule has 0 radical (unpaired) electrons. The normalized spacial score (nSPS) is 11.6. The molecule has 2 amide bonds. The van der Waals surface area contributed by atoms with Crippen molar-refractivity contribution in [3.05, 3.63) is 66.3 Å². The van der Waals surface area contributed by atoms with Gasteiger partial charge in [0.05, 0.1) is 19.0 Å². The lowest BCUT2D eigenvalue weighted by molar-refractivity contribution is -0.123. The number of nitrogens with one attached hydrogen (secondary N) is 2. The molecule has 138 valence electrons. The molecule has 8 nitrogen and oxygen atoms in total. The lowest BCUT2D eigenvalue weighted by Gasteiger charge is -2.17. The second-order valence-corrected chi connectivity index (χ2v) is 5.89. The fourth-order valence-electron chi connectivity index (χ4n) is 2.56. The summed E-state index contributed by atoms with van der Waals surface area (Å²) in [4.78, 5) is 31.9. The molecule has 3 aromatic rings. The van der Waals surface area contributed by atoms with Gasteiger partial charge in [-0.15, -0.1) is 0 Å². The predicted octanol–water partition coefficient (Wildman–Crippen LogP) is 2.02. The molecule has 27 heavy (non-hydrogen) atoms. The van der Waals surface area contributed by atoms with Crippen LogP contribution in [0.4, 0.5) is 0 Å². The van der Waals surface area contributed by atoms with Crippen LogP contribution in [0.5, 0.6) is 0 Å². The molecule has 1 aromatic carbocycles. The Hall–Kier alpha value is -3.55. The molecule has 3 rings (SSSR count). The lowest BCUT2D eigenvalue weighted by atomic mass is 10.0. The zero-order valence-corrected chi connectivity index (χ0v) is 14.8. The van der Waals surface area contributed by atoms with Crippen molar-refractivity contribution < 1.29 is 14.1 Å². The van der Waals surface area contributed by atoms with Crippen LogP contribution in [-0.4, -0.2) is 26.9 Å². The molecule has 0 fully saturated rings. The number of benzene rings is 1. The van der Waals surface area contributed by atoms with Crippen LogP contribution in [0.3, 0.4) is 0 Å². The first-order chi connectivity index (χ1) is 13.1. The SMILES string of the molecule is CC(=O)NC(CC(=O)NCc1nc(-c2ccncc2)no1)c1ccccc1. The van der Waals surface area contributed by atoms with Crippen molar-refractivity contribution in [1.29, 1.82) is 0 Å². The fraction of sp³-hybridized carbons (Fsp3) is 0.211. The summed E-state index contributed by atoms with van der Waals surface area (Å²) in [5.41, 5.74) is 1.64. The number of hydrogen-bond acceptors (Lipinski definition) is 6. The third-order valence-electron chi connectivity index (χ3n) is 3.81. The van der Waals surface area contributed by atoms with Crippen LogP contribution < -0.4 is 10.6 Å². The number of amides is 2. The smallest absolute Gasteiger partial charge is 0.246 e. The van der Waals surface area contributed by atoms with Crippen molar-refractivity contribution in [1.82, 2.24) is 25.8 Å². The number of aromatic nitrogens is 3. The third-order valence-corrected chi connectivity index (χ3v) is 3.81. The molecule has 2 N–H and O–H groups in total. The molecule has 0 saturated carbocycles. The molecule has 1 atom stereocenters. The minimum atomic E-state index is -0.404. The van der Waals surface area contributed by atoms with E-state index in [-0.39, 0.29) is 24.8 Å². The van der Waals surface area contributed by atoms with E-state index >= 15 is 0 Å². The summed E-state index contributed by atoms with van der Waals surface area (Å²) in [5, 5.41) is 9.42. The first-order valence-electron chi connectivity index (χ1n) is 8.43. The number of carbonyl (C=O) groups excluding carboxylic acids is 2. The van der Waals surface area contributed by atoms with Gasteiger partial charge in [-0.05, 0) is 17.7 Å². The minimum absolute atomic E-state index is 0.106. The van der Waals surface area contributed by atoms with Crippen LogP contribution in [0.1, 0.15) is 30.8 Å². The largest absolute Gasteiger partial charge is 0.349 e. The second-order valence-electron chi connectivity index (χ2n) is 5.89. The van der Waals surface area contributed by atoms with Crippen LogP contribution in [0.15, 0.2) is 59.4 Å². The average molecular weight is 365 g/mol. The van der Waals surface area contributed by atoms with Gasteiger partial charge in [-0.2, -0.15) is 4.98 Å². The van der Waals surface area contributed by atoms with E-state index in [1.54, 1.807) is 24.5 Å². The molecule has 0 spiro atoms. The zero-order chi connectivity index (χ0) is 19.1. The van der Waals surface area contributed by atoms with Gasteiger partial charge in [-0.1, -0.05) is 35.5 Å². The molecule has 0 saturated heterocycles. The van der Waals surface area contributed by atoms with Gasteiger partial charge in [0.2, 0.25) is 23.5 Å². The van der Waals surface area contributed by atoms with Gasteiger partial charge < -0.3 is 15.2 Å². The molecule has 0 aliphatic heterocycles. The number of nitrogens with zero attached hydrogens (tertiary/aromatic N) is 3. The van der Waals surface area contributed by atoms with Gasteiger partial charge >= 0.3 is 0 Å². The van der Waals surface area contributed by atoms with Crippen molar-refractivity contribution in [2.45, 2.75) is 25.9 Å². The summed E-state index contributed by atoms with van der Waals surface area (Å²) >= 11 is 0. The minimum Gasteiger partial charge on any atom is -0.349 e. The Morgan fingerprint density at radius 1 is 1.11 bits per heavy atom. The third kappa shape index (κ3) is 5.21. The highest BCUT2D eigenvalue weighted by Gasteiger charge is 2.17. The second kappa shape index (κ2) is 8.70. The maximum Gasteiger partial charge on any atom is 0.246 e. The molecule has 1 unspecified atom stereocenters. The van der Waals surface area contributed by atoms with E-state index in [9.17, 15) is 9.59 Å². The topological polar surface area (TPSA) is 110 Å². The van der Waals surface area contributed by atoms with Gasteiger partial charge in [-0.3, -0.25) is 14.6 Å². The monoisotopic (exact) mass is 365 g/mol. The molecule has 0 aliphatic rings. The lowest BCUT2D eigenvalue weighted by Crippen LogP contribution is -2.32. The fourth-order valence-corrected chi connectivity index (χ4v) is 2.56. The Morgan fingerprint density at radius 3 is 2.56 bits per heavy atom. The summed E-state index contributed by atoms with van der Waals surface area (Å²) in [7, 11) is 0. The van der Waals surface area contributed by atoms with Crippen molar-refractivity contribution in [2.75, 3.05) is 0 Å². The summed E-state index contributed by atoms with van der Waals surface area (Å²) in [5.74, 6) is 0.296. The predicted molar refractivity (Wildman–Crippen MR) is 97.0 cm³/mol. The van der Waals surface area contributed by atoms with E-state index in [1.807, 2.05) is 30.3 Å². The quantitative estimate of drug-likeness (QED) is 0.663. The average Bonchev–Trinajstić information content (AvgIpc) is 3.16. The Bertz CT molecular complexity index is 896. The van der Waals surface area contributed by atoms with Crippen LogP contribution in [0.2, 0.25) is 0 Å². The van der Waals surface area contributed by atoms with Gasteiger partial charge in [0.25, 0.3) is 0 Å². The molecule has 0 bridgehead atoms. The highest BCUT2D eigenvalue weighted by atomic mass is 16.5. The molecule has 2 heterocycles. The molecule has 8 heteroatoms. The maximum atomic E-state index is 12.3. The van der Waals surface area contributed by atoms with Crippen LogP contribution >= 0.6 is 0 Å². The van der Waals surface area contributed by atoms with Crippen LogP contribution in [-0.2, 0) is 16.1 Å².